The molecule has 0 bridgehead atoms. The number of halogens is 1. The first-order valence-electron chi connectivity index (χ1n) is 6.01. The lowest BCUT2D eigenvalue weighted by Crippen LogP contribution is -1.90. The zero-order valence-corrected chi connectivity index (χ0v) is 12.3. The lowest BCUT2D eigenvalue weighted by atomic mass is 10.2. The summed E-state index contributed by atoms with van der Waals surface area (Å²) >= 11 is 3.49. The topological polar surface area (TPSA) is 64.9 Å². The van der Waals surface area contributed by atoms with Gasteiger partial charge in [-0.25, -0.2) is 9.97 Å². The molecule has 4 nitrogen and oxygen atoms in total. The van der Waals surface area contributed by atoms with Crippen molar-refractivity contribution in [3.05, 3.63) is 41.1 Å². The molecule has 3 aromatic rings. The number of nitrogens with two attached hydrogens (primary N) is 1. The maximum atomic E-state index is 5.81. The van der Waals surface area contributed by atoms with E-state index in [2.05, 4.69) is 25.9 Å². The number of hydrogen-bond acceptors (Lipinski definition) is 4. The van der Waals surface area contributed by atoms with E-state index < -0.39 is 0 Å². The van der Waals surface area contributed by atoms with Gasteiger partial charge in [-0.1, -0.05) is 44.2 Å². The molecule has 0 saturated heterocycles. The van der Waals surface area contributed by atoms with Crippen molar-refractivity contribution in [1.29, 1.82) is 0 Å². The van der Waals surface area contributed by atoms with Gasteiger partial charge in [-0.05, 0) is 15.9 Å². The van der Waals surface area contributed by atoms with E-state index in [-0.39, 0.29) is 0 Å². The van der Waals surface area contributed by atoms with Crippen LogP contribution in [0.4, 0.5) is 5.82 Å². The number of aromatic nitrogens is 2. The lowest BCUT2D eigenvalue weighted by Gasteiger charge is -1.96. The monoisotopic (exact) mass is 319 g/mol. The Hall–Kier alpha value is -1.88. The average molecular weight is 320 g/mol. The number of nitrogens with zero attached hydrogens (tertiary/aromatic N) is 2. The molecule has 5 heteroatoms. The van der Waals surface area contributed by atoms with Crippen molar-refractivity contribution in [2.45, 2.75) is 13.8 Å². The van der Waals surface area contributed by atoms with Crippen molar-refractivity contribution in [3.63, 3.8) is 0 Å². The number of furan rings is 1. The molecular formula is C14H14BrN3O. The van der Waals surface area contributed by atoms with Gasteiger partial charge in [-0.2, -0.15) is 0 Å². The van der Waals surface area contributed by atoms with Crippen LogP contribution >= 0.6 is 15.9 Å². The van der Waals surface area contributed by atoms with Gasteiger partial charge in [0.1, 0.15) is 12.1 Å². The van der Waals surface area contributed by atoms with E-state index in [1.807, 2.05) is 44.2 Å². The quantitative estimate of drug-likeness (QED) is 0.727. The molecule has 0 aliphatic carbocycles. The van der Waals surface area contributed by atoms with E-state index in [4.69, 9.17) is 10.2 Å². The summed E-state index contributed by atoms with van der Waals surface area (Å²) in [5.74, 6) is 1.13. The Balaban J connectivity index is 0.000000637. The van der Waals surface area contributed by atoms with E-state index in [9.17, 15) is 0 Å². The Morgan fingerprint density at radius 3 is 2.42 bits per heavy atom. The van der Waals surface area contributed by atoms with Crippen molar-refractivity contribution in [2.24, 2.45) is 0 Å². The Morgan fingerprint density at radius 2 is 1.79 bits per heavy atom. The fourth-order valence-corrected chi connectivity index (χ4v) is 2.38. The molecule has 0 atom stereocenters. The third-order valence-corrected chi connectivity index (χ3v) is 3.25. The predicted molar refractivity (Wildman–Crippen MR) is 80.7 cm³/mol. The minimum atomic E-state index is 0.410. The molecular weight excluding hydrogens is 306 g/mol. The minimum absolute atomic E-state index is 0.410. The second-order valence-electron chi connectivity index (χ2n) is 3.55. The van der Waals surface area contributed by atoms with Crippen molar-refractivity contribution in [1.82, 2.24) is 9.97 Å². The molecule has 2 heterocycles. The van der Waals surface area contributed by atoms with Gasteiger partial charge in [-0.15, -0.1) is 0 Å². The maximum Gasteiger partial charge on any atom is 0.233 e. The van der Waals surface area contributed by atoms with E-state index in [0.29, 0.717) is 22.7 Å². The highest BCUT2D eigenvalue weighted by Gasteiger charge is 2.16. The van der Waals surface area contributed by atoms with E-state index in [1.54, 1.807) is 0 Å². The summed E-state index contributed by atoms with van der Waals surface area (Å²) in [4.78, 5) is 8.01. The van der Waals surface area contributed by atoms with Gasteiger partial charge in [0.25, 0.3) is 0 Å². The zero-order valence-electron chi connectivity index (χ0n) is 10.7. The maximum absolute atomic E-state index is 5.81. The van der Waals surface area contributed by atoms with Crippen LogP contribution in [-0.4, -0.2) is 9.97 Å². The van der Waals surface area contributed by atoms with Gasteiger partial charge in [0.2, 0.25) is 5.71 Å². The molecule has 0 aliphatic rings. The van der Waals surface area contributed by atoms with Crippen LogP contribution < -0.4 is 5.73 Å². The van der Waals surface area contributed by atoms with Crippen LogP contribution in [0, 0.1) is 0 Å². The summed E-state index contributed by atoms with van der Waals surface area (Å²) in [6.45, 7) is 4.00. The highest BCUT2D eigenvalue weighted by Crippen LogP contribution is 2.38. The van der Waals surface area contributed by atoms with Crippen LogP contribution in [0.3, 0.4) is 0 Å². The standard InChI is InChI=1S/C12H8BrN3O.C2H6/c13-9-8-11(14)15-6-16-12(8)17-10(9)7-4-2-1-3-5-7;1-2/h1-6H,(H2,14,15,16);1-2H3. The number of anilines is 1. The van der Waals surface area contributed by atoms with Crippen molar-refractivity contribution in [2.75, 3.05) is 5.73 Å². The molecule has 98 valence electrons. The molecule has 0 saturated carbocycles. The van der Waals surface area contributed by atoms with E-state index in [0.717, 1.165) is 10.0 Å². The molecule has 0 amide bonds. The Kier molecular flexibility index (Phi) is 4.16. The number of fused-ring (bicyclic) bond motifs is 1. The van der Waals surface area contributed by atoms with Crippen LogP contribution in [0.1, 0.15) is 13.8 Å². The number of nitrogen functional groups attached to an aromatic ring is 1. The molecule has 19 heavy (non-hydrogen) atoms. The van der Waals surface area contributed by atoms with E-state index in [1.165, 1.54) is 6.33 Å². The molecule has 0 unspecified atom stereocenters. The summed E-state index contributed by atoms with van der Waals surface area (Å²) in [5.41, 5.74) is 7.27. The number of benzene rings is 1. The fraction of sp³-hybridized carbons (Fsp3) is 0.143. The summed E-state index contributed by atoms with van der Waals surface area (Å²) in [5, 5.41) is 0.714. The second-order valence-corrected chi connectivity index (χ2v) is 4.34. The van der Waals surface area contributed by atoms with Crippen molar-refractivity contribution in [3.8, 4) is 11.3 Å². The van der Waals surface area contributed by atoms with Gasteiger partial charge in [-0.3, -0.25) is 0 Å². The minimum Gasteiger partial charge on any atom is -0.436 e. The number of rotatable bonds is 1. The molecule has 2 aromatic heterocycles. The van der Waals surface area contributed by atoms with Gasteiger partial charge >= 0.3 is 0 Å². The first kappa shape index (κ1) is 13.5. The molecule has 0 fully saturated rings. The average Bonchev–Trinajstić information content (AvgIpc) is 2.81. The molecule has 0 spiro atoms. The second kappa shape index (κ2) is 5.84. The highest BCUT2D eigenvalue weighted by atomic mass is 79.9. The van der Waals surface area contributed by atoms with Crippen LogP contribution in [0.5, 0.6) is 0 Å². The molecule has 0 aliphatic heterocycles. The summed E-state index contributed by atoms with van der Waals surface area (Å²) in [6.07, 6.45) is 1.39. The Bertz CT molecular complexity index is 680. The van der Waals surface area contributed by atoms with Gasteiger partial charge in [0.05, 0.1) is 9.86 Å². The van der Waals surface area contributed by atoms with Crippen molar-refractivity contribution >= 4 is 32.8 Å². The molecule has 3 rings (SSSR count). The van der Waals surface area contributed by atoms with Gasteiger partial charge < -0.3 is 10.2 Å². The first-order valence-corrected chi connectivity index (χ1v) is 6.80. The molecule has 2 N–H and O–H groups in total. The van der Waals surface area contributed by atoms with Crippen LogP contribution in [0.2, 0.25) is 0 Å². The smallest absolute Gasteiger partial charge is 0.233 e. The summed E-state index contributed by atoms with van der Waals surface area (Å²) in [6, 6.07) is 9.78. The third kappa shape index (κ3) is 2.46. The van der Waals surface area contributed by atoms with Crippen molar-refractivity contribution < 1.29 is 4.42 Å². The normalized spacial score (nSPS) is 10.1. The Labute approximate surface area is 119 Å². The van der Waals surface area contributed by atoms with Crippen LogP contribution in [-0.2, 0) is 0 Å². The van der Waals surface area contributed by atoms with Crippen LogP contribution in [0.15, 0.2) is 45.5 Å². The highest BCUT2D eigenvalue weighted by molar-refractivity contribution is 9.10. The molecule has 1 aromatic carbocycles. The fourth-order valence-electron chi connectivity index (χ4n) is 1.70. The number of hydrogen-bond donors (Lipinski definition) is 1. The zero-order chi connectivity index (χ0) is 13.8. The first-order chi connectivity index (χ1) is 9.27. The summed E-state index contributed by atoms with van der Waals surface area (Å²) in [7, 11) is 0. The molecule has 0 radical (unpaired) electrons. The Morgan fingerprint density at radius 1 is 1.11 bits per heavy atom. The summed E-state index contributed by atoms with van der Waals surface area (Å²) < 4.78 is 6.48. The van der Waals surface area contributed by atoms with Crippen LogP contribution in [0.25, 0.3) is 22.4 Å². The van der Waals surface area contributed by atoms with Gasteiger partial charge in [0, 0.05) is 5.56 Å². The largest absolute Gasteiger partial charge is 0.436 e. The van der Waals surface area contributed by atoms with E-state index >= 15 is 0 Å². The van der Waals surface area contributed by atoms with Gasteiger partial charge in [0.15, 0.2) is 5.76 Å². The predicted octanol–water partition coefficient (Wildman–Crippen LogP) is 4.26. The lowest BCUT2D eigenvalue weighted by molar-refractivity contribution is 0.616. The SMILES string of the molecule is CC.Nc1ncnc2oc(-c3ccccc3)c(Br)c12. The third-order valence-electron chi connectivity index (χ3n) is 2.50.